The highest BCUT2D eigenvalue weighted by Gasteiger charge is 2.46. The van der Waals surface area contributed by atoms with Crippen molar-refractivity contribution in [1.82, 2.24) is 19.4 Å². The second kappa shape index (κ2) is 12.2. The van der Waals surface area contributed by atoms with Crippen molar-refractivity contribution in [3.63, 3.8) is 0 Å². The fourth-order valence-corrected chi connectivity index (χ4v) is 5.06. The van der Waals surface area contributed by atoms with Gasteiger partial charge in [-0.15, -0.1) is 11.6 Å². The Morgan fingerprint density at radius 2 is 2.00 bits per heavy atom. The van der Waals surface area contributed by atoms with E-state index in [4.69, 9.17) is 31.1 Å². The highest BCUT2D eigenvalue weighted by Crippen LogP contribution is 2.52. The number of carbonyl (C=O) groups is 1. The van der Waals surface area contributed by atoms with Crippen LogP contribution in [0.2, 0.25) is 0 Å². The number of hydrogen-bond acceptors (Lipinski definition) is 9. The van der Waals surface area contributed by atoms with Crippen molar-refractivity contribution < 1.29 is 33.4 Å². The van der Waals surface area contributed by atoms with Crippen LogP contribution in [0.15, 0.2) is 36.7 Å². The Balaban J connectivity index is 1.69. The van der Waals surface area contributed by atoms with Crippen molar-refractivity contribution in [2.45, 2.75) is 44.0 Å². The van der Waals surface area contributed by atoms with Gasteiger partial charge in [0.25, 0.3) is 5.91 Å². The highest BCUT2D eigenvalue weighted by molar-refractivity contribution is 7.51. The number of benzene rings is 1. The lowest BCUT2D eigenvalue weighted by atomic mass is 10.1. The molecular formula is C20H29ClN5O7P. The van der Waals surface area contributed by atoms with Crippen LogP contribution < -0.4 is 5.73 Å². The van der Waals surface area contributed by atoms with Crippen molar-refractivity contribution in [2.24, 2.45) is 5.73 Å². The molecule has 188 valence electrons. The summed E-state index contributed by atoms with van der Waals surface area (Å²) in [5, 5.41) is 24.8. The third kappa shape index (κ3) is 6.41. The molecule has 0 aliphatic carbocycles. The molecule has 3 rings (SSSR count). The second-order valence-electron chi connectivity index (χ2n) is 7.74. The van der Waals surface area contributed by atoms with E-state index in [0.717, 1.165) is 23.0 Å². The fourth-order valence-electron chi connectivity index (χ4n) is 3.37. The van der Waals surface area contributed by atoms with Crippen LogP contribution in [-0.2, 0) is 25.0 Å². The number of ether oxygens (including phenoxy) is 1. The Morgan fingerprint density at radius 1 is 1.26 bits per heavy atom. The van der Waals surface area contributed by atoms with E-state index in [9.17, 15) is 19.6 Å². The van der Waals surface area contributed by atoms with Gasteiger partial charge in [0.15, 0.2) is 6.23 Å². The van der Waals surface area contributed by atoms with Crippen LogP contribution in [0.25, 0.3) is 0 Å². The first-order chi connectivity index (χ1) is 16.3. The first-order valence-corrected chi connectivity index (χ1v) is 12.7. The number of primary amides is 1. The summed E-state index contributed by atoms with van der Waals surface area (Å²) in [6.07, 6.45) is -2.72. The van der Waals surface area contributed by atoms with Crippen molar-refractivity contribution in [1.29, 1.82) is 0 Å². The zero-order chi connectivity index (χ0) is 24.7. The average molecular weight is 518 g/mol. The molecular weight excluding hydrogens is 489 g/mol. The van der Waals surface area contributed by atoms with Gasteiger partial charge in [-0.3, -0.25) is 13.8 Å². The third-order valence-corrected chi connectivity index (χ3v) is 7.53. The molecule has 1 aliphatic rings. The number of carbonyl (C=O) groups excluding carboxylic acids is 1. The SMILES string of the molecule is CN(CCCCCl)P(=O)(OCc1ccccc1)OC[C@H]1O[C@@H](n2ncnc2C(N)=O)[C@H](O)[C@@H]1O. The molecule has 2 aromatic rings. The van der Waals surface area contributed by atoms with E-state index >= 15 is 0 Å². The van der Waals surface area contributed by atoms with Gasteiger partial charge in [-0.1, -0.05) is 30.3 Å². The quantitative estimate of drug-likeness (QED) is 0.200. The molecule has 12 nitrogen and oxygen atoms in total. The molecule has 1 aromatic carbocycles. The lowest BCUT2D eigenvalue weighted by Crippen LogP contribution is -2.35. The van der Waals surface area contributed by atoms with Gasteiger partial charge in [0.05, 0.1) is 13.2 Å². The van der Waals surface area contributed by atoms with E-state index in [1.165, 1.54) is 4.67 Å². The lowest BCUT2D eigenvalue weighted by Gasteiger charge is -2.28. The number of aromatic nitrogens is 3. The number of aliphatic hydroxyl groups excluding tert-OH is 2. The van der Waals surface area contributed by atoms with Crippen LogP contribution in [0.3, 0.4) is 0 Å². The molecule has 1 saturated heterocycles. The summed E-state index contributed by atoms with van der Waals surface area (Å²) >= 11 is 5.75. The first kappa shape index (κ1) is 26.7. The Kier molecular flexibility index (Phi) is 9.57. The molecule has 0 bridgehead atoms. The van der Waals surface area contributed by atoms with Crippen LogP contribution in [-0.4, -0.2) is 79.9 Å². The predicted molar refractivity (Wildman–Crippen MR) is 122 cm³/mol. The van der Waals surface area contributed by atoms with Gasteiger partial charge in [-0.25, -0.2) is 18.9 Å². The van der Waals surface area contributed by atoms with E-state index < -0.39 is 38.2 Å². The number of amides is 1. The van der Waals surface area contributed by atoms with Crippen LogP contribution in [0, 0.1) is 0 Å². The Morgan fingerprint density at radius 3 is 2.68 bits per heavy atom. The van der Waals surface area contributed by atoms with Crippen molar-refractivity contribution >= 4 is 25.3 Å². The number of hydrogen-bond donors (Lipinski definition) is 3. The van der Waals surface area contributed by atoms with Gasteiger partial charge in [-0.2, -0.15) is 5.10 Å². The zero-order valence-corrected chi connectivity index (χ0v) is 20.3. The Hall–Kier alpha value is -1.89. The molecule has 0 saturated carbocycles. The van der Waals surface area contributed by atoms with Crippen LogP contribution in [0.5, 0.6) is 0 Å². The fraction of sp³-hybridized carbons (Fsp3) is 0.550. The molecule has 1 fully saturated rings. The number of aliphatic hydroxyl groups is 2. The van der Waals surface area contributed by atoms with Gasteiger partial charge in [-0.05, 0) is 25.5 Å². The first-order valence-electron chi connectivity index (χ1n) is 10.7. The minimum atomic E-state index is -3.81. The summed E-state index contributed by atoms with van der Waals surface area (Å²) in [6.45, 7) is 0.0818. The maximum atomic E-state index is 13.6. The molecule has 1 aromatic heterocycles. The molecule has 1 aliphatic heterocycles. The summed E-state index contributed by atoms with van der Waals surface area (Å²) in [7, 11) is -2.20. The van der Waals surface area contributed by atoms with Gasteiger partial charge >= 0.3 is 7.75 Å². The molecule has 2 heterocycles. The summed E-state index contributed by atoms with van der Waals surface area (Å²) in [5.41, 5.74) is 6.07. The molecule has 4 N–H and O–H groups in total. The van der Waals surface area contributed by atoms with Crippen molar-refractivity contribution in [3.8, 4) is 0 Å². The number of unbranched alkanes of at least 4 members (excludes halogenated alkanes) is 1. The van der Waals surface area contributed by atoms with Gasteiger partial charge in [0.1, 0.15) is 24.6 Å². The monoisotopic (exact) mass is 517 g/mol. The number of nitrogens with zero attached hydrogens (tertiary/aromatic N) is 4. The molecule has 1 amide bonds. The molecule has 14 heteroatoms. The van der Waals surface area contributed by atoms with E-state index in [0.29, 0.717) is 18.8 Å². The Bertz CT molecular complexity index is 981. The smallest absolute Gasteiger partial charge is 0.387 e. The molecule has 0 radical (unpaired) electrons. The molecule has 5 atom stereocenters. The minimum Gasteiger partial charge on any atom is -0.387 e. The number of nitrogens with two attached hydrogens (primary N) is 1. The topological polar surface area (TPSA) is 162 Å². The molecule has 34 heavy (non-hydrogen) atoms. The number of rotatable bonds is 13. The third-order valence-electron chi connectivity index (χ3n) is 5.29. The van der Waals surface area contributed by atoms with E-state index in [1.807, 2.05) is 30.3 Å². The standard InChI is InChI=1S/C20H29ClN5O7P/c1-25(10-6-5-9-21)34(30,31-11-14-7-3-2-4-8-14)32-12-15-16(27)17(28)20(33-15)26-19(18(22)29)23-13-24-26/h2-4,7-8,13,15-17,20,27-28H,5-6,9-12H2,1H3,(H2,22,29)/t15-,16-,17-,20-,34?/m1/s1. The number of alkyl halides is 1. The van der Waals surface area contributed by atoms with Crippen molar-refractivity contribution in [3.05, 3.63) is 48.0 Å². The largest absolute Gasteiger partial charge is 0.408 e. The van der Waals surface area contributed by atoms with E-state index in [2.05, 4.69) is 10.1 Å². The molecule has 1 unspecified atom stereocenters. The minimum absolute atomic E-state index is 0.0399. The van der Waals surface area contributed by atoms with Crippen molar-refractivity contribution in [2.75, 3.05) is 26.1 Å². The van der Waals surface area contributed by atoms with Gasteiger partial charge < -0.3 is 20.7 Å². The summed E-state index contributed by atoms with van der Waals surface area (Å²) < 4.78 is 33.2. The average Bonchev–Trinajstić information content (AvgIpc) is 3.42. The molecule has 0 spiro atoms. The van der Waals surface area contributed by atoms with Gasteiger partial charge in [0.2, 0.25) is 5.82 Å². The Labute approximate surface area is 202 Å². The summed E-state index contributed by atoms with van der Waals surface area (Å²) in [4.78, 5) is 15.3. The van der Waals surface area contributed by atoms with Crippen LogP contribution in [0.1, 0.15) is 35.3 Å². The maximum absolute atomic E-state index is 13.6. The summed E-state index contributed by atoms with van der Waals surface area (Å²) in [5.74, 6) is -0.644. The summed E-state index contributed by atoms with van der Waals surface area (Å²) in [6, 6.07) is 9.19. The van der Waals surface area contributed by atoms with E-state index in [-0.39, 0.29) is 19.0 Å². The zero-order valence-electron chi connectivity index (χ0n) is 18.6. The van der Waals surface area contributed by atoms with Gasteiger partial charge in [0, 0.05) is 12.4 Å². The lowest BCUT2D eigenvalue weighted by molar-refractivity contribution is -0.0590. The number of halogens is 1. The van der Waals surface area contributed by atoms with Crippen LogP contribution in [0.4, 0.5) is 0 Å². The predicted octanol–water partition coefficient (Wildman–Crippen LogP) is 1.29. The highest BCUT2D eigenvalue weighted by atomic mass is 35.5. The van der Waals surface area contributed by atoms with Crippen LogP contribution >= 0.6 is 19.3 Å². The maximum Gasteiger partial charge on any atom is 0.408 e. The second-order valence-corrected chi connectivity index (χ2v) is 10.3. The normalized spacial score (nSPS) is 24.4. The van der Waals surface area contributed by atoms with E-state index in [1.54, 1.807) is 7.05 Å².